The highest BCUT2D eigenvalue weighted by molar-refractivity contribution is 5.88. The molecule has 1 fully saturated rings. The van der Waals surface area contributed by atoms with Gasteiger partial charge in [0, 0.05) is 31.3 Å². The second kappa shape index (κ2) is 8.61. The zero-order chi connectivity index (χ0) is 20.1. The summed E-state index contributed by atoms with van der Waals surface area (Å²) in [6.07, 6.45) is 3.14. The van der Waals surface area contributed by atoms with Crippen molar-refractivity contribution in [1.82, 2.24) is 19.8 Å². The van der Waals surface area contributed by atoms with Gasteiger partial charge in [-0.1, -0.05) is 0 Å². The van der Waals surface area contributed by atoms with E-state index in [0.29, 0.717) is 11.6 Å². The molecule has 0 spiro atoms. The number of nitrogens with zero attached hydrogens (tertiary/aromatic N) is 5. The second-order valence-electron chi connectivity index (χ2n) is 6.67. The van der Waals surface area contributed by atoms with E-state index in [1.807, 2.05) is 0 Å². The Hall–Kier alpha value is -3.27. The van der Waals surface area contributed by atoms with E-state index in [9.17, 15) is 14.9 Å². The number of non-ortho nitro benzene ring substituents is 1. The predicted octanol–water partition coefficient (Wildman–Crippen LogP) is 2.74. The Bertz CT molecular complexity index is 836. The fraction of sp³-hybridized carbons (Fsp3) is 0.389. The van der Waals surface area contributed by atoms with E-state index in [1.54, 1.807) is 11.9 Å². The van der Waals surface area contributed by atoms with E-state index in [0.717, 1.165) is 25.9 Å². The maximum Gasteiger partial charge on any atom is 0.323 e. The highest BCUT2D eigenvalue weighted by atomic mass is 16.6. The van der Waals surface area contributed by atoms with Crippen molar-refractivity contribution < 1.29 is 14.5 Å². The number of amides is 2. The molecule has 0 bridgehead atoms. The number of carbonyl (C=O) groups excluding carboxylic acids is 1. The molecule has 28 heavy (non-hydrogen) atoms. The molecule has 1 aromatic carbocycles. The Balaban J connectivity index is 1.61. The van der Waals surface area contributed by atoms with E-state index in [2.05, 4.69) is 27.2 Å². The molecule has 0 unspecified atom stereocenters. The van der Waals surface area contributed by atoms with Crippen molar-refractivity contribution in [3.05, 3.63) is 46.8 Å². The molecule has 3 rings (SSSR count). The average Bonchev–Trinajstić information content (AvgIpc) is 2.68. The first-order valence-corrected chi connectivity index (χ1v) is 8.89. The van der Waals surface area contributed by atoms with Gasteiger partial charge in [0.15, 0.2) is 0 Å². The Morgan fingerprint density at radius 2 is 1.96 bits per heavy atom. The van der Waals surface area contributed by atoms with Crippen LogP contribution in [0.3, 0.4) is 0 Å². The lowest BCUT2D eigenvalue weighted by Gasteiger charge is -2.34. The first kappa shape index (κ1) is 19.5. The SMILES string of the molecule is CN1CCC(N(C)C(=O)Nc2cc(Oc3ccc([N+](=O)[O-])cc3)ncn2)CC1. The number of hydrogen-bond acceptors (Lipinski definition) is 7. The molecule has 1 N–H and O–H groups in total. The summed E-state index contributed by atoms with van der Waals surface area (Å²) >= 11 is 0. The number of nitro benzene ring substituents is 1. The van der Waals surface area contributed by atoms with Crippen LogP contribution in [-0.4, -0.2) is 63.9 Å². The molecule has 0 atom stereocenters. The average molecular weight is 386 g/mol. The van der Waals surface area contributed by atoms with Crippen molar-refractivity contribution in [1.29, 1.82) is 0 Å². The largest absolute Gasteiger partial charge is 0.439 e. The van der Waals surface area contributed by atoms with E-state index in [-0.39, 0.29) is 23.6 Å². The molecule has 1 aliphatic rings. The summed E-state index contributed by atoms with van der Waals surface area (Å²) in [5.41, 5.74) is -0.0278. The summed E-state index contributed by atoms with van der Waals surface area (Å²) in [7, 11) is 3.85. The number of carbonyl (C=O) groups is 1. The molecular formula is C18H22N6O4. The number of aromatic nitrogens is 2. The molecule has 0 radical (unpaired) electrons. The molecule has 2 aromatic rings. The quantitative estimate of drug-likeness (QED) is 0.621. The zero-order valence-electron chi connectivity index (χ0n) is 15.7. The fourth-order valence-corrected chi connectivity index (χ4v) is 2.97. The van der Waals surface area contributed by atoms with Crippen LogP contribution >= 0.6 is 0 Å². The van der Waals surface area contributed by atoms with Gasteiger partial charge in [0.2, 0.25) is 5.88 Å². The smallest absolute Gasteiger partial charge is 0.323 e. The molecule has 0 saturated carbocycles. The van der Waals surface area contributed by atoms with Crippen molar-refractivity contribution in [2.45, 2.75) is 18.9 Å². The summed E-state index contributed by atoms with van der Waals surface area (Å²) in [6.45, 7) is 1.92. The highest BCUT2D eigenvalue weighted by Gasteiger charge is 2.24. The molecule has 10 nitrogen and oxygen atoms in total. The fourth-order valence-electron chi connectivity index (χ4n) is 2.97. The Labute approximate surface area is 162 Å². The lowest BCUT2D eigenvalue weighted by molar-refractivity contribution is -0.384. The van der Waals surface area contributed by atoms with Gasteiger partial charge in [0.25, 0.3) is 5.69 Å². The van der Waals surface area contributed by atoms with Crippen molar-refractivity contribution in [3.8, 4) is 11.6 Å². The van der Waals surface area contributed by atoms with Gasteiger partial charge in [-0.05, 0) is 45.1 Å². The summed E-state index contributed by atoms with van der Waals surface area (Å²) in [6, 6.07) is 7.09. The van der Waals surface area contributed by atoms with Crippen LogP contribution in [0.5, 0.6) is 11.6 Å². The first-order chi connectivity index (χ1) is 13.4. The van der Waals surface area contributed by atoms with Crippen molar-refractivity contribution in [3.63, 3.8) is 0 Å². The molecule has 148 valence electrons. The zero-order valence-corrected chi connectivity index (χ0v) is 15.7. The topological polar surface area (TPSA) is 114 Å². The normalized spacial score (nSPS) is 15.1. The van der Waals surface area contributed by atoms with Crippen molar-refractivity contribution >= 4 is 17.5 Å². The van der Waals surface area contributed by atoms with Crippen LogP contribution in [0.2, 0.25) is 0 Å². The number of hydrogen-bond donors (Lipinski definition) is 1. The number of rotatable bonds is 5. The highest BCUT2D eigenvalue weighted by Crippen LogP contribution is 2.23. The van der Waals surface area contributed by atoms with Gasteiger partial charge in [-0.25, -0.2) is 14.8 Å². The third-order valence-corrected chi connectivity index (χ3v) is 4.70. The van der Waals surface area contributed by atoms with Crippen LogP contribution in [0.25, 0.3) is 0 Å². The first-order valence-electron chi connectivity index (χ1n) is 8.89. The number of likely N-dealkylation sites (tertiary alicyclic amines) is 1. The van der Waals surface area contributed by atoms with Gasteiger partial charge < -0.3 is 14.5 Å². The van der Waals surface area contributed by atoms with Gasteiger partial charge in [-0.15, -0.1) is 0 Å². The summed E-state index contributed by atoms with van der Waals surface area (Å²) in [5, 5.41) is 13.5. The van der Waals surface area contributed by atoms with Gasteiger partial charge >= 0.3 is 6.03 Å². The molecule has 1 aliphatic heterocycles. The van der Waals surface area contributed by atoms with Crippen LogP contribution in [0.1, 0.15) is 12.8 Å². The molecular weight excluding hydrogens is 364 g/mol. The van der Waals surface area contributed by atoms with E-state index in [4.69, 9.17) is 4.74 Å². The predicted molar refractivity (Wildman–Crippen MR) is 103 cm³/mol. The maximum atomic E-state index is 12.5. The van der Waals surface area contributed by atoms with Crippen LogP contribution < -0.4 is 10.1 Å². The molecule has 1 aromatic heterocycles. The van der Waals surface area contributed by atoms with E-state index in [1.165, 1.54) is 36.7 Å². The third kappa shape index (κ3) is 4.92. The number of anilines is 1. The number of ether oxygens (including phenoxy) is 1. The number of nitrogens with one attached hydrogen (secondary N) is 1. The van der Waals surface area contributed by atoms with Gasteiger partial charge in [0.05, 0.1) is 4.92 Å². The molecule has 10 heteroatoms. The minimum Gasteiger partial charge on any atom is -0.439 e. The van der Waals surface area contributed by atoms with Crippen LogP contribution in [0, 0.1) is 10.1 Å². The summed E-state index contributed by atoms with van der Waals surface area (Å²) < 4.78 is 5.58. The minimum atomic E-state index is -0.483. The summed E-state index contributed by atoms with van der Waals surface area (Å²) in [5.74, 6) is 0.933. The second-order valence-corrected chi connectivity index (χ2v) is 6.67. The Kier molecular flexibility index (Phi) is 5.99. The third-order valence-electron chi connectivity index (χ3n) is 4.70. The van der Waals surface area contributed by atoms with E-state index >= 15 is 0 Å². The number of nitro groups is 1. The molecule has 2 heterocycles. The maximum absolute atomic E-state index is 12.5. The monoisotopic (exact) mass is 386 g/mol. The lowest BCUT2D eigenvalue weighted by Crippen LogP contribution is -2.46. The van der Waals surface area contributed by atoms with E-state index < -0.39 is 4.92 Å². The van der Waals surface area contributed by atoms with Crippen LogP contribution in [-0.2, 0) is 0 Å². The van der Waals surface area contributed by atoms with Gasteiger partial charge in [0.1, 0.15) is 17.9 Å². The standard InChI is InChI=1S/C18H22N6O4/c1-22-9-7-13(8-10-22)23(2)18(25)21-16-11-17(20-12-19-16)28-15-5-3-14(4-6-15)24(26)27/h3-6,11-13H,7-10H2,1-2H3,(H,19,20,21,25). The van der Waals surface area contributed by atoms with Gasteiger partial charge in [-0.3, -0.25) is 15.4 Å². The summed E-state index contributed by atoms with van der Waals surface area (Å²) in [4.78, 5) is 34.7. The number of benzene rings is 1. The van der Waals surface area contributed by atoms with Gasteiger partial charge in [-0.2, -0.15) is 0 Å². The van der Waals surface area contributed by atoms with Crippen molar-refractivity contribution in [2.24, 2.45) is 0 Å². The minimum absolute atomic E-state index is 0.0278. The lowest BCUT2D eigenvalue weighted by atomic mass is 10.0. The Morgan fingerprint density at radius 1 is 1.29 bits per heavy atom. The molecule has 1 saturated heterocycles. The van der Waals surface area contributed by atoms with Crippen LogP contribution in [0.4, 0.5) is 16.3 Å². The number of piperidine rings is 1. The van der Waals surface area contributed by atoms with Crippen LogP contribution in [0.15, 0.2) is 36.7 Å². The number of urea groups is 1. The molecule has 0 aliphatic carbocycles. The molecule has 2 amide bonds. The van der Waals surface area contributed by atoms with Crippen molar-refractivity contribution in [2.75, 3.05) is 32.5 Å². The Morgan fingerprint density at radius 3 is 2.61 bits per heavy atom.